The lowest BCUT2D eigenvalue weighted by atomic mass is 10.1. The third-order valence-electron chi connectivity index (χ3n) is 4.71. The number of aliphatic hydroxyl groups is 1. The number of nitrogens with one attached hydrogen (secondary N) is 2. The van der Waals surface area contributed by atoms with Gasteiger partial charge in [0.2, 0.25) is 11.8 Å². The first kappa shape index (κ1) is 22.8. The molecule has 0 saturated carbocycles. The first-order valence-electron chi connectivity index (χ1n) is 9.86. The molecule has 0 aliphatic carbocycles. The van der Waals surface area contributed by atoms with Crippen LogP contribution in [0, 0.1) is 5.92 Å². The van der Waals surface area contributed by atoms with Crippen LogP contribution in [0.3, 0.4) is 0 Å². The number of rotatable bonds is 8. The van der Waals surface area contributed by atoms with Gasteiger partial charge in [0.1, 0.15) is 5.75 Å². The Hall–Kier alpha value is -2.91. The Bertz CT molecular complexity index is 931. The van der Waals surface area contributed by atoms with Crippen LogP contribution in [0.2, 0.25) is 0 Å². The number of carbonyl (C=O) groups excluding carboxylic acids is 3. The molecule has 164 valence electrons. The molecule has 2 aromatic carbocycles. The maximum absolute atomic E-state index is 12.3. The van der Waals surface area contributed by atoms with Crippen molar-refractivity contribution in [3.63, 3.8) is 0 Å². The number of ether oxygens (including phenoxy) is 1. The highest BCUT2D eigenvalue weighted by atomic mass is 79.9. The van der Waals surface area contributed by atoms with Crippen LogP contribution in [0.25, 0.3) is 0 Å². The summed E-state index contributed by atoms with van der Waals surface area (Å²) in [5.41, 5.74) is 1.33. The third kappa shape index (κ3) is 6.53. The van der Waals surface area contributed by atoms with Gasteiger partial charge >= 0.3 is 0 Å². The van der Waals surface area contributed by atoms with Crippen molar-refractivity contribution in [3.8, 4) is 5.75 Å². The number of nitrogens with zero attached hydrogens (tertiary/aromatic N) is 1. The normalized spacial score (nSPS) is 16.7. The summed E-state index contributed by atoms with van der Waals surface area (Å²) in [5, 5.41) is 14.7. The molecule has 8 nitrogen and oxygen atoms in total. The SMILES string of the molecule is C[C@H](O)CNC(=O)[C@H]1CC(=O)N(c2ccc(OCC(=O)Nc3ccc(Br)cc3)cc2)C1. The Balaban J connectivity index is 1.50. The van der Waals surface area contributed by atoms with Crippen molar-refractivity contribution >= 4 is 45.0 Å². The van der Waals surface area contributed by atoms with Gasteiger partial charge in [0.25, 0.3) is 5.91 Å². The first-order valence-corrected chi connectivity index (χ1v) is 10.7. The average molecular weight is 490 g/mol. The Morgan fingerprint density at radius 1 is 1.19 bits per heavy atom. The predicted octanol–water partition coefficient (Wildman–Crippen LogP) is 2.32. The van der Waals surface area contributed by atoms with Crippen molar-refractivity contribution in [1.82, 2.24) is 5.32 Å². The van der Waals surface area contributed by atoms with Gasteiger partial charge in [0, 0.05) is 35.4 Å². The molecule has 3 amide bonds. The minimum absolute atomic E-state index is 0.125. The number of benzene rings is 2. The highest BCUT2D eigenvalue weighted by Crippen LogP contribution is 2.27. The molecule has 3 rings (SSSR count). The number of halogens is 1. The van der Waals surface area contributed by atoms with E-state index in [1.807, 2.05) is 12.1 Å². The summed E-state index contributed by atoms with van der Waals surface area (Å²) >= 11 is 3.34. The predicted molar refractivity (Wildman–Crippen MR) is 120 cm³/mol. The molecule has 0 spiro atoms. The van der Waals surface area contributed by atoms with Gasteiger partial charge in [0.15, 0.2) is 6.61 Å². The molecule has 1 aliphatic heterocycles. The van der Waals surface area contributed by atoms with Crippen molar-refractivity contribution in [2.75, 3.05) is 29.9 Å². The van der Waals surface area contributed by atoms with Crippen LogP contribution >= 0.6 is 15.9 Å². The fraction of sp³-hybridized carbons (Fsp3) is 0.318. The minimum Gasteiger partial charge on any atom is -0.484 e. The van der Waals surface area contributed by atoms with Crippen molar-refractivity contribution in [2.45, 2.75) is 19.4 Å². The summed E-state index contributed by atoms with van der Waals surface area (Å²) in [6.07, 6.45) is -0.512. The molecule has 0 aromatic heterocycles. The minimum atomic E-state index is -0.637. The third-order valence-corrected chi connectivity index (χ3v) is 5.24. The second kappa shape index (κ2) is 10.4. The van der Waals surface area contributed by atoms with Crippen molar-refractivity contribution in [1.29, 1.82) is 0 Å². The van der Waals surface area contributed by atoms with E-state index in [4.69, 9.17) is 4.74 Å². The molecule has 31 heavy (non-hydrogen) atoms. The van der Waals surface area contributed by atoms with Crippen LogP contribution in [0.15, 0.2) is 53.0 Å². The van der Waals surface area contributed by atoms with Gasteiger partial charge in [-0.25, -0.2) is 0 Å². The zero-order chi connectivity index (χ0) is 22.4. The smallest absolute Gasteiger partial charge is 0.262 e. The summed E-state index contributed by atoms with van der Waals surface area (Å²) in [6, 6.07) is 14.0. The average Bonchev–Trinajstić information content (AvgIpc) is 3.14. The number of carbonyl (C=O) groups is 3. The molecular weight excluding hydrogens is 466 g/mol. The van der Waals surface area contributed by atoms with Gasteiger partial charge in [-0.1, -0.05) is 15.9 Å². The Morgan fingerprint density at radius 2 is 1.87 bits per heavy atom. The largest absolute Gasteiger partial charge is 0.484 e. The van der Waals surface area contributed by atoms with E-state index in [-0.39, 0.29) is 43.8 Å². The molecular formula is C22H24BrN3O5. The second-order valence-corrected chi connectivity index (χ2v) is 8.25. The molecule has 0 unspecified atom stereocenters. The first-order chi connectivity index (χ1) is 14.8. The van der Waals surface area contributed by atoms with Crippen molar-refractivity contribution < 1.29 is 24.2 Å². The Labute approximate surface area is 188 Å². The molecule has 9 heteroatoms. The molecule has 0 bridgehead atoms. The van der Waals surface area contributed by atoms with Crippen LogP contribution in [-0.4, -0.2) is 48.6 Å². The van der Waals surface area contributed by atoms with Crippen LogP contribution in [0.1, 0.15) is 13.3 Å². The van der Waals surface area contributed by atoms with E-state index in [9.17, 15) is 19.5 Å². The van der Waals surface area contributed by atoms with E-state index in [0.29, 0.717) is 17.1 Å². The van der Waals surface area contributed by atoms with Gasteiger partial charge in [0.05, 0.1) is 12.0 Å². The van der Waals surface area contributed by atoms with Gasteiger partial charge in [-0.2, -0.15) is 0 Å². The lowest BCUT2D eigenvalue weighted by molar-refractivity contribution is -0.126. The lowest BCUT2D eigenvalue weighted by Gasteiger charge is -2.17. The lowest BCUT2D eigenvalue weighted by Crippen LogP contribution is -2.36. The maximum Gasteiger partial charge on any atom is 0.262 e. The van der Waals surface area contributed by atoms with E-state index < -0.39 is 12.0 Å². The van der Waals surface area contributed by atoms with Gasteiger partial charge in [-0.05, 0) is 55.5 Å². The summed E-state index contributed by atoms with van der Waals surface area (Å²) < 4.78 is 6.43. The summed E-state index contributed by atoms with van der Waals surface area (Å²) in [6.45, 7) is 1.87. The molecule has 2 aromatic rings. The molecule has 1 saturated heterocycles. The van der Waals surface area contributed by atoms with E-state index in [2.05, 4.69) is 26.6 Å². The zero-order valence-electron chi connectivity index (χ0n) is 17.0. The number of hydrogen-bond donors (Lipinski definition) is 3. The molecule has 3 N–H and O–H groups in total. The number of aliphatic hydroxyl groups excluding tert-OH is 1. The topological polar surface area (TPSA) is 108 Å². The molecule has 1 heterocycles. The number of hydrogen-bond acceptors (Lipinski definition) is 5. The Morgan fingerprint density at radius 3 is 2.52 bits per heavy atom. The van der Waals surface area contributed by atoms with Crippen molar-refractivity contribution in [3.05, 3.63) is 53.0 Å². The monoisotopic (exact) mass is 489 g/mol. The van der Waals surface area contributed by atoms with Gasteiger partial charge in [-0.3, -0.25) is 14.4 Å². The summed E-state index contributed by atoms with van der Waals surface area (Å²) in [5.74, 6) is -0.627. The van der Waals surface area contributed by atoms with Crippen LogP contribution < -0.4 is 20.3 Å². The molecule has 1 aliphatic rings. The van der Waals surface area contributed by atoms with E-state index in [0.717, 1.165) is 4.47 Å². The fourth-order valence-electron chi connectivity index (χ4n) is 3.13. The van der Waals surface area contributed by atoms with E-state index >= 15 is 0 Å². The quantitative estimate of drug-likeness (QED) is 0.527. The maximum atomic E-state index is 12.3. The summed E-state index contributed by atoms with van der Waals surface area (Å²) in [4.78, 5) is 38.1. The number of amides is 3. The van der Waals surface area contributed by atoms with E-state index in [1.165, 1.54) is 0 Å². The van der Waals surface area contributed by atoms with Crippen LogP contribution in [-0.2, 0) is 14.4 Å². The molecule has 2 atom stereocenters. The van der Waals surface area contributed by atoms with Crippen molar-refractivity contribution in [2.24, 2.45) is 5.92 Å². The van der Waals surface area contributed by atoms with E-state index in [1.54, 1.807) is 48.2 Å². The molecule has 0 radical (unpaired) electrons. The summed E-state index contributed by atoms with van der Waals surface area (Å²) in [7, 11) is 0. The van der Waals surface area contributed by atoms with Gasteiger partial charge < -0.3 is 25.4 Å². The highest BCUT2D eigenvalue weighted by Gasteiger charge is 2.35. The number of anilines is 2. The standard InChI is InChI=1S/C22H24BrN3O5/c1-14(27)11-24-22(30)15-10-21(29)26(12-15)18-6-8-19(9-7-18)31-13-20(28)25-17-4-2-16(23)3-5-17/h2-9,14-15,27H,10-13H2,1H3,(H,24,30)(H,25,28)/t14-,15-/m0/s1. The second-order valence-electron chi connectivity index (χ2n) is 7.34. The molecule has 1 fully saturated rings. The Kier molecular flexibility index (Phi) is 7.64. The van der Waals surface area contributed by atoms with Gasteiger partial charge in [-0.15, -0.1) is 0 Å². The highest BCUT2D eigenvalue weighted by molar-refractivity contribution is 9.10. The fourth-order valence-corrected chi connectivity index (χ4v) is 3.39. The zero-order valence-corrected chi connectivity index (χ0v) is 18.6. The van der Waals surface area contributed by atoms with Crippen LogP contribution in [0.5, 0.6) is 5.75 Å². The van der Waals surface area contributed by atoms with Crippen LogP contribution in [0.4, 0.5) is 11.4 Å².